The molecule has 0 saturated heterocycles. The number of ether oxygens (including phenoxy) is 1. The van der Waals surface area contributed by atoms with Crippen molar-refractivity contribution in [3.05, 3.63) is 34.0 Å². The Morgan fingerprint density at radius 1 is 1.56 bits per heavy atom. The van der Waals surface area contributed by atoms with Gasteiger partial charge in [-0.15, -0.1) is 11.3 Å². The number of esters is 1. The lowest BCUT2D eigenvalue weighted by molar-refractivity contribution is 0.0601. The fraction of sp³-hybridized carbons (Fsp3) is 0.526. The van der Waals surface area contributed by atoms with Gasteiger partial charge in [0, 0.05) is 36.8 Å². The van der Waals surface area contributed by atoms with Gasteiger partial charge in [0.1, 0.15) is 5.00 Å². The fourth-order valence-corrected chi connectivity index (χ4v) is 4.99. The Morgan fingerprint density at radius 2 is 2.33 bits per heavy atom. The molecular weight excluding hydrogens is 380 g/mol. The second-order valence-electron chi connectivity index (χ2n) is 7.04. The number of anilines is 1. The van der Waals surface area contributed by atoms with Crippen molar-refractivity contribution in [1.29, 1.82) is 0 Å². The van der Waals surface area contributed by atoms with Gasteiger partial charge in [-0.1, -0.05) is 6.92 Å². The molecule has 146 valence electrons. The summed E-state index contributed by atoms with van der Waals surface area (Å²) in [7, 11) is 3.36. The number of carbonyl (C=O) groups is 1. The van der Waals surface area contributed by atoms with Crippen LogP contribution in [0.4, 0.5) is 5.00 Å². The Balaban J connectivity index is 1.77. The number of fused-ring (bicyclic) bond motifs is 1. The molecule has 1 aliphatic rings. The summed E-state index contributed by atoms with van der Waals surface area (Å²) < 4.78 is 6.93. The van der Waals surface area contributed by atoms with E-state index in [0.29, 0.717) is 23.1 Å². The topological polar surface area (TPSA) is 59.4 Å². The van der Waals surface area contributed by atoms with E-state index in [1.807, 2.05) is 29.0 Å². The maximum Gasteiger partial charge on any atom is 0.341 e. The average Bonchev–Trinajstić information content (AvgIpc) is 3.24. The van der Waals surface area contributed by atoms with Gasteiger partial charge in [0.15, 0.2) is 5.11 Å². The van der Waals surface area contributed by atoms with E-state index < -0.39 is 0 Å². The Labute approximate surface area is 169 Å². The first-order chi connectivity index (χ1) is 12.9. The molecule has 0 aliphatic heterocycles. The van der Waals surface area contributed by atoms with E-state index in [0.717, 1.165) is 41.9 Å². The van der Waals surface area contributed by atoms with Gasteiger partial charge in [0.05, 0.1) is 18.9 Å². The van der Waals surface area contributed by atoms with Gasteiger partial charge in [-0.3, -0.25) is 4.68 Å². The molecule has 1 aliphatic carbocycles. The van der Waals surface area contributed by atoms with Crippen LogP contribution in [0.5, 0.6) is 0 Å². The summed E-state index contributed by atoms with van der Waals surface area (Å²) in [6.07, 6.45) is 6.89. The Morgan fingerprint density at radius 3 is 3.00 bits per heavy atom. The highest BCUT2D eigenvalue weighted by Gasteiger charge is 2.28. The average molecular weight is 407 g/mol. The molecule has 0 bridgehead atoms. The number of nitrogens with one attached hydrogen (secondary N) is 1. The van der Waals surface area contributed by atoms with Crippen molar-refractivity contribution in [1.82, 2.24) is 14.7 Å². The zero-order valence-corrected chi connectivity index (χ0v) is 17.9. The standard InChI is InChI=1S/C19H26N4O2S2/c1-5-23-11-13(9-20-23)10-22(3)19(26)21-17-16(18(24)25-4)14-7-6-12(2)8-15(14)27-17/h9,11-12H,5-8,10H2,1-4H3,(H,21,26). The first-order valence-corrected chi connectivity index (χ1v) is 10.4. The molecule has 0 amide bonds. The van der Waals surface area contributed by atoms with Crippen molar-refractivity contribution in [3.8, 4) is 0 Å². The molecule has 0 aromatic carbocycles. The highest BCUT2D eigenvalue weighted by atomic mass is 32.1. The van der Waals surface area contributed by atoms with Crippen LogP contribution in [0, 0.1) is 5.92 Å². The van der Waals surface area contributed by atoms with Gasteiger partial charge in [0.25, 0.3) is 0 Å². The quantitative estimate of drug-likeness (QED) is 0.603. The fourth-order valence-electron chi connectivity index (χ4n) is 3.36. The minimum Gasteiger partial charge on any atom is -0.465 e. The van der Waals surface area contributed by atoms with Crippen molar-refractivity contribution in [2.45, 2.75) is 46.2 Å². The lowest BCUT2D eigenvalue weighted by Gasteiger charge is -2.20. The highest BCUT2D eigenvalue weighted by Crippen LogP contribution is 2.40. The largest absolute Gasteiger partial charge is 0.465 e. The summed E-state index contributed by atoms with van der Waals surface area (Å²) >= 11 is 7.21. The smallest absolute Gasteiger partial charge is 0.341 e. The van der Waals surface area contributed by atoms with Crippen LogP contribution in [0.3, 0.4) is 0 Å². The molecule has 6 nitrogen and oxygen atoms in total. The molecule has 1 atom stereocenters. The summed E-state index contributed by atoms with van der Waals surface area (Å²) in [6, 6.07) is 0. The van der Waals surface area contributed by atoms with Crippen LogP contribution in [0.1, 0.15) is 46.6 Å². The van der Waals surface area contributed by atoms with Gasteiger partial charge in [-0.05, 0) is 49.9 Å². The number of hydrogen-bond donors (Lipinski definition) is 1. The summed E-state index contributed by atoms with van der Waals surface area (Å²) in [5.41, 5.74) is 2.87. The lowest BCUT2D eigenvalue weighted by Crippen LogP contribution is -2.30. The lowest BCUT2D eigenvalue weighted by atomic mass is 9.88. The second kappa shape index (κ2) is 8.39. The van der Waals surface area contributed by atoms with Gasteiger partial charge in [-0.2, -0.15) is 5.10 Å². The van der Waals surface area contributed by atoms with E-state index in [2.05, 4.69) is 24.3 Å². The number of carbonyl (C=O) groups excluding carboxylic acids is 1. The van der Waals surface area contributed by atoms with Gasteiger partial charge in [0.2, 0.25) is 0 Å². The van der Waals surface area contributed by atoms with Crippen molar-refractivity contribution in [3.63, 3.8) is 0 Å². The Kier molecular flexibility index (Phi) is 6.16. The third kappa shape index (κ3) is 4.32. The molecule has 0 spiro atoms. The van der Waals surface area contributed by atoms with Gasteiger partial charge in [-0.25, -0.2) is 4.79 Å². The van der Waals surface area contributed by atoms with Crippen molar-refractivity contribution in [2.24, 2.45) is 5.92 Å². The molecular formula is C19H26N4O2S2. The monoisotopic (exact) mass is 406 g/mol. The zero-order valence-electron chi connectivity index (χ0n) is 16.2. The van der Waals surface area contributed by atoms with Crippen LogP contribution in [-0.2, 0) is 30.7 Å². The predicted molar refractivity (Wildman–Crippen MR) is 112 cm³/mol. The molecule has 0 saturated carbocycles. The van der Waals surface area contributed by atoms with Crippen molar-refractivity contribution < 1.29 is 9.53 Å². The van der Waals surface area contributed by atoms with E-state index >= 15 is 0 Å². The molecule has 1 N–H and O–H groups in total. The van der Waals surface area contributed by atoms with Crippen LogP contribution in [0.2, 0.25) is 0 Å². The second-order valence-corrected chi connectivity index (χ2v) is 8.53. The molecule has 2 aromatic heterocycles. The van der Waals surface area contributed by atoms with Gasteiger partial charge >= 0.3 is 5.97 Å². The Bertz CT molecular complexity index is 843. The predicted octanol–water partition coefficient (Wildman–Crippen LogP) is 3.70. The van der Waals surface area contributed by atoms with Crippen LogP contribution in [0.15, 0.2) is 12.4 Å². The molecule has 8 heteroatoms. The Hall–Kier alpha value is -1.93. The number of thiophene rings is 1. The molecule has 0 radical (unpaired) electrons. The minimum absolute atomic E-state index is 0.292. The van der Waals surface area contributed by atoms with Gasteiger partial charge < -0.3 is 15.0 Å². The van der Waals surface area contributed by atoms with E-state index in [4.69, 9.17) is 17.0 Å². The van der Waals surface area contributed by atoms with Crippen LogP contribution < -0.4 is 5.32 Å². The third-order valence-electron chi connectivity index (χ3n) is 4.90. The third-order valence-corrected chi connectivity index (χ3v) is 6.48. The highest BCUT2D eigenvalue weighted by molar-refractivity contribution is 7.80. The van der Waals surface area contributed by atoms with E-state index in [-0.39, 0.29) is 5.97 Å². The first-order valence-electron chi connectivity index (χ1n) is 9.19. The van der Waals surface area contributed by atoms with Crippen LogP contribution in [0.25, 0.3) is 0 Å². The number of rotatable bonds is 5. The number of aromatic nitrogens is 2. The van der Waals surface area contributed by atoms with E-state index in [1.54, 1.807) is 11.3 Å². The normalized spacial score (nSPS) is 15.9. The van der Waals surface area contributed by atoms with E-state index in [1.165, 1.54) is 12.0 Å². The molecule has 2 aromatic rings. The SMILES string of the molecule is CCn1cc(CN(C)C(=S)Nc2sc3c(c2C(=O)OC)CCC(C)C3)cn1. The molecule has 3 rings (SSSR count). The molecule has 1 unspecified atom stereocenters. The minimum atomic E-state index is -0.292. The molecule has 27 heavy (non-hydrogen) atoms. The number of thiocarbonyl (C=S) groups is 1. The summed E-state index contributed by atoms with van der Waals surface area (Å²) in [4.78, 5) is 15.6. The first kappa shape index (κ1) is 19.8. The van der Waals surface area contributed by atoms with Crippen molar-refractivity contribution >= 4 is 39.6 Å². The molecule has 0 fully saturated rings. The number of hydrogen-bond acceptors (Lipinski definition) is 5. The summed E-state index contributed by atoms with van der Waals surface area (Å²) in [6.45, 7) is 5.80. The van der Waals surface area contributed by atoms with Crippen LogP contribution in [-0.4, -0.2) is 39.9 Å². The number of nitrogens with zero attached hydrogens (tertiary/aromatic N) is 3. The zero-order chi connectivity index (χ0) is 19.6. The summed E-state index contributed by atoms with van der Waals surface area (Å²) in [5, 5.41) is 8.96. The van der Waals surface area contributed by atoms with E-state index in [9.17, 15) is 4.79 Å². The number of aryl methyl sites for hydroxylation is 1. The summed E-state index contributed by atoms with van der Waals surface area (Å²) in [5.74, 6) is 0.346. The maximum atomic E-state index is 12.4. The molecule has 2 heterocycles. The maximum absolute atomic E-state index is 12.4. The van der Waals surface area contributed by atoms with Crippen LogP contribution >= 0.6 is 23.6 Å². The number of methoxy groups -OCH3 is 1. The van der Waals surface area contributed by atoms with Crippen molar-refractivity contribution in [2.75, 3.05) is 19.5 Å².